The fourth-order valence-electron chi connectivity index (χ4n) is 0.309. The van der Waals surface area contributed by atoms with Crippen LogP contribution < -0.4 is 10.9 Å². The van der Waals surface area contributed by atoms with E-state index in [2.05, 4.69) is 10.2 Å². The van der Waals surface area contributed by atoms with E-state index >= 15 is 0 Å². The molecule has 0 aliphatic heterocycles. The summed E-state index contributed by atoms with van der Waals surface area (Å²) in [7, 11) is 1.41. The van der Waals surface area contributed by atoms with E-state index in [1.165, 1.54) is 7.11 Å². The maximum absolute atomic E-state index is 10.7. The topological polar surface area (TPSA) is 67.4 Å². The van der Waals surface area contributed by atoms with Gasteiger partial charge in [0.05, 0.1) is 0 Å². The van der Waals surface area contributed by atoms with Crippen molar-refractivity contribution in [1.82, 2.24) is 10.9 Å². The zero-order chi connectivity index (χ0) is 7.98. The number of hydrogen-bond donors (Lipinski definition) is 2. The van der Waals surface area contributed by atoms with Crippen molar-refractivity contribution < 1.29 is 14.3 Å². The molecule has 0 rings (SSSR count). The highest BCUT2D eigenvalue weighted by Crippen LogP contribution is 1.83. The van der Waals surface area contributed by atoms with Crippen molar-refractivity contribution in [3.05, 3.63) is 0 Å². The van der Waals surface area contributed by atoms with Gasteiger partial charge in [0.1, 0.15) is 6.10 Å². The van der Waals surface area contributed by atoms with E-state index < -0.39 is 6.10 Å². The highest BCUT2D eigenvalue weighted by molar-refractivity contribution is 5.80. The number of methoxy groups -OCH3 is 1. The van der Waals surface area contributed by atoms with Crippen LogP contribution in [0.15, 0.2) is 0 Å². The van der Waals surface area contributed by atoms with E-state index in [1.54, 1.807) is 6.92 Å². The maximum atomic E-state index is 10.7. The first-order valence-electron chi connectivity index (χ1n) is 2.74. The Morgan fingerprint density at radius 2 is 2.30 bits per heavy atom. The number of carbonyl (C=O) groups excluding carboxylic acids is 2. The number of ether oxygens (including phenoxy) is 1. The predicted molar refractivity (Wildman–Crippen MR) is 33.8 cm³/mol. The Morgan fingerprint density at radius 3 is 2.70 bits per heavy atom. The van der Waals surface area contributed by atoms with Gasteiger partial charge >= 0.3 is 0 Å². The second-order valence-corrected chi connectivity index (χ2v) is 1.63. The molecule has 0 bridgehead atoms. The van der Waals surface area contributed by atoms with Crippen molar-refractivity contribution in [2.45, 2.75) is 13.0 Å². The number of amides is 2. The average molecular weight is 146 g/mol. The minimum Gasteiger partial charge on any atom is -0.372 e. The van der Waals surface area contributed by atoms with Gasteiger partial charge in [-0.2, -0.15) is 0 Å². The lowest BCUT2D eigenvalue weighted by molar-refractivity contribution is -0.132. The van der Waals surface area contributed by atoms with Gasteiger partial charge in [-0.3, -0.25) is 20.4 Å². The summed E-state index contributed by atoms with van der Waals surface area (Å²) in [5.41, 5.74) is 4.10. The minimum absolute atomic E-state index is 0.375. The van der Waals surface area contributed by atoms with Crippen molar-refractivity contribution in [1.29, 1.82) is 0 Å². The lowest BCUT2D eigenvalue weighted by Crippen LogP contribution is -2.42. The van der Waals surface area contributed by atoms with Crippen LogP contribution in [-0.2, 0) is 14.3 Å². The molecule has 1 unspecified atom stereocenters. The van der Waals surface area contributed by atoms with Crippen molar-refractivity contribution in [2.24, 2.45) is 0 Å². The van der Waals surface area contributed by atoms with Gasteiger partial charge < -0.3 is 4.74 Å². The third-order valence-corrected chi connectivity index (χ3v) is 0.977. The normalized spacial score (nSPS) is 11.8. The zero-order valence-corrected chi connectivity index (χ0v) is 5.88. The van der Waals surface area contributed by atoms with Crippen molar-refractivity contribution in [3.63, 3.8) is 0 Å². The summed E-state index contributed by atoms with van der Waals surface area (Å²) in [6, 6.07) is 0. The number of hydrogen-bond acceptors (Lipinski definition) is 3. The molecule has 0 saturated carbocycles. The molecule has 0 aromatic carbocycles. The van der Waals surface area contributed by atoms with Crippen LogP contribution in [0.25, 0.3) is 0 Å². The second-order valence-electron chi connectivity index (χ2n) is 1.63. The molecule has 1 atom stereocenters. The molecule has 5 nitrogen and oxygen atoms in total. The summed E-state index contributed by atoms with van der Waals surface area (Å²) in [5.74, 6) is -0.380. The average Bonchev–Trinajstić information content (AvgIpc) is 1.98. The van der Waals surface area contributed by atoms with Gasteiger partial charge in [-0.15, -0.1) is 0 Å². The monoisotopic (exact) mass is 146 g/mol. The first kappa shape index (κ1) is 8.90. The molecular formula is C5H10N2O3. The van der Waals surface area contributed by atoms with E-state index in [-0.39, 0.29) is 5.91 Å². The van der Waals surface area contributed by atoms with Crippen LogP contribution in [0.3, 0.4) is 0 Å². The maximum Gasteiger partial charge on any atom is 0.267 e. The number of carbonyl (C=O) groups is 2. The van der Waals surface area contributed by atoms with E-state index in [4.69, 9.17) is 0 Å². The van der Waals surface area contributed by atoms with E-state index in [9.17, 15) is 9.59 Å². The second kappa shape index (κ2) is 4.75. The van der Waals surface area contributed by atoms with Gasteiger partial charge in [0.15, 0.2) is 0 Å². The van der Waals surface area contributed by atoms with Crippen molar-refractivity contribution in [2.75, 3.05) is 7.11 Å². The predicted octanol–water partition coefficient (Wildman–Crippen LogP) is -1.20. The zero-order valence-electron chi connectivity index (χ0n) is 5.88. The van der Waals surface area contributed by atoms with Gasteiger partial charge in [-0.25, -0.2) is 0 Å². The fraction of sp³-hybridized carbons (Fsp3) is 0.600. The molecule has 2 amide bonds. The summed E-state index contributed by atoms with van der Waals surface area (Å²) >= 11 is 0. The van der Waals surface area contributed by atoms with Crippen LogP contribution in [0.1, 0.15) is 6.92 Å². The van der Waals surface area contributed by atoms with Crippen LogP contribution in [0.5, 0.6) is 0 Å². The molecule has 0 aliphatic rings. The molecule has 0 fully saturated rings. The standard InChI is InChI=1S/C5H10N2O3/c1-4(10-2)5(9)7-6-3-8/h3-4H,1-2H3,(H,6,8)(H,7,9). The van der Waals surface area contributed by atoms with Gasteiger partial charge in [0.25, 0.3) is 5.91 Å². The fourth-order valence-corrected chi connectivity index (χ4v) is 0.309. The van der Waals surface area contributed by atoms with Gasteiger partial charge in [-0.05, 0) is 6.92 Å². The van der Waals surface area contributed by atoms with E-state index in [1.807, 2.05) is 5.43 Å². The van der Waals surface area contributed by atoms with Gasteiger partial charge in [0, 0.05) is 7.11 Å². The van der Waals surface area contributed by atoms with Crippen LogP contribution in [0.2, 0.25) is 0 Å². The highest BCUT2D eigenvalue weighted by Gasteiger charge is 2.09. The smallest absolute Gasteiger partial charge is 0.267 e. The molecule has 0 aromatic rings. The molecule has 2 N–H and O–H groups in total. The Morgan fingerprint density at radius 1 is 1.70 bits per heavy atom. The van der Waals surface area contributed by atoms with Crippen LogP contribution in [0, 0.1) is 0 Å². The summed E-state index contributed by atoms with van der Waals surface area (Å²) in [6.45, 7) is 1.57. The van der Waals surface area contributed by atoms with Crippen LogP contribution in [-0.4, -0.2) is 25.5 Å². The molecule has 0 saturated heterocycles. The lowest BCUT2D eigenvalue weighted by Gasteiger charge is -2.07. The number of rotatable bonds is 4. The van der Waals surface area contributed by atoms with Crippen molar-refractivity contribution in [3.8, 4) is 0 Å². The Labute approximate surface area is 58.7 Å². The lowest BCUT2D eigenvalue weighted by atomic mass is 10.4. The Balaban J connectivity index is 3.51. The third-order valence-electron chi connectivity index (χ3n) is 0.977. The van der Waals surface area contributed by atoms with E-state index in [0.29, 0.717) is 6.41 Å². The minimum atomic E-state index is -0.549. The molecule has 0 aliphatic carbocycles. The van der Waals surface area contributed by atoms with Gasteiger partial charge in [0.2, 0.25) is 6.41 Å². The molecular weight excluding hydrogens is 136 g/mol. The Hall–Kier alpha value is -1.10. The van der Waals surface area contributed by atoms with Crippen LogP contribution in [0.4, 0.5) is 0 Å². The summed E-state index contributed by atoms with van der Waals surface area (Å²) in [6.07, 6.45) is -0.173. The summed E-state index contributed by atoms with van der Waals surface area (Å²) < 4.78 is 4.64. The number of nitrogens with one attached hydrogen (secondary N) is 2. The highest BCUT2D eigenvalue weighted by atomic mass is 16.5. The molecule has 0 radical (unpaired) electrons. The summed E-state index contributed by atoms with van der Waals surface area (Å²) in [4.78, 5) is 20.3. The molecule has 0 spiro atoms. The largest absolute Gasteiger partial charge is 0.372 e. The Kier molecular flexibility index (Phi) is 4.23. The number of hydrazine groups is 1. The van der Waals surface area contributed by atoms with Crippen LogP contribution >= 0.6 is 0 Å². The molecule has 0 heterocycles. The molecule has 58 valence electrons. The molecule has 10 heavy (non-hydrogen) atoms. The molecule has 5 heteroatoms. The Bertz CT molecular complexity index is 126. The first-order chi connectivity index (χ1) is 4.72. The molecule has 0 aromatic heterocycles. The summed E-state index contributed by atoms with van der Waals surface area (Å²) in [5, 5.41) is 0. The third kappa shape index (κ3) is 3.03. The van der Waals surface area contributed by atoms with Crippen molar-refractivity contribution >= 4 is 12.3 Å². The quantitative estimate of drug-likeness (QED) is 0.386. The van der Waals surface area contributed by atoms with Gasteiger partial charge in [-0.1, -0.05) is 0 Å². The first-order valence-corrected chi connectivity index (χ1v) is 2.74. The SMILES string of the molecule is COC(C)C(=O)NNC=O. The van der Waals surface area contributed by atoms with E-state index in [0.717, 1.165) is 0 Å².